The lowest BCUT2D eigenvalue weighted by Crippen LogP contribution is -2.10. The molecule has 1 heterocycles. The van der Waals surface area contributed by atoms with Gasteiger partial charge in [-0.1, -0.05) is 50.6 Å². The Morgan fingerprint density at radius 2 is 1.96 bits per heavy atom. The van der Waals surface area contributed by atoms with Crippen LogP contribution in [0.15, 0.2) is 47.6 Å². The summed E-state index contributed by atoms with van der Waals surface area (Å²) in [7, 11) is 0. The molecule has 0 saturated carbocycles. The van der Waals surface area contributed by atoms with E-state index in [0.29, 0.717) is 11.6 Å². The van der Waals surface area contributed by atoms with Gasteiger partial charge in [0.15, 0.2) is 5.82 Å². The van der Waals surface area contributed by atoms with Crippen LogP contribution in [-0.4, -0.2) is 21.1 Å². The smallest absolute Gasteiger partial charge is 0.216 e. The molecule has 3 aromatic rings. The Morgan fingerprint density at radius 1 is 1.25 bits per heavy atom. The first kappa shape index (κ1) is 20.2. The van der Waals surface area contributed by atoms with Gasteiger partial charge in [-0.25, -0.2) is 9.49 Å². The Hall–Kier alpha value is -2.51. The average Bonchev–Trinajstić information content (AvgIpc) is 2.99. The largest absolute Gasteiger partial charge is 0.486 e. The van der Waals surface area contributed by atoms with Crippen molar-refractivity contribution in [1.29, 1.82) is 0 Å². The molecule has 1 N–H and O–H groups in total. The van der Waals surface area contributed by atoms with Crippen molar-refractivity contribution in [2.24, 2.45) is 5.10 Å². The van der Waals surface area contributed by atoms with Crippen LogP contribution < -0.4 is 4.74 Å². The van der Waals surface area contributed by atoms with Crippen molar-refractivity contribution in [3.8, 4) is 5.75 Å². The lowest BCUT2D eigenvalue weighted by atomic mass is 9.87. The van der Waals surface area contributed by atoms with E-state index < -0.39 is 5.82 Å². The quantitative estimate of drug-likeness (QED) is 0.440. The molecule has 0 aliphatic rings. The van der Waals surface area contributed by atoms with Gasteiger partial charge in [0.1, 0.15) is 18.2 Å². The van der Waals surface area contributed by atoms with Gasteiger partial charge in [0.05, 0.1) is 11.2 Å². The summed E-state index contributed by atoms with van der Waals surface area (Å²) >= 11 is 11.2. The van der Waals surface area contributed by atoms with Crippen molar-refractivity contribution in [3.05, 3.63) is 75.0 Å². The lowest BCUT2D eigenvalue weighted by molar-refractivity contribution is 0.290. The van der Waals surface area contributed by atoms with E-state index in [0.717, 1.165) is 0 Å². The maximum Gasteiger partial charge on any atom is 0.216 e. The van der Waals surface area contributed by atoms with Gasteiger partial charge in [-0.15, -0.1) is 0 Å². The predicted octanol–water partition coefficient (Wildman–Crippen LogP) is 5.49. The van der Waals surface area contributed by atoms with Crippen molar-refractivity contribution in [3.63, 3.8) is 0 Å². The van der Waals surface area contributed by atoms with Crippen LogP contribution in [0.2, 0.25) is 5.02 Å². The number of nitrogens with zero attached hydrogens (tertiary/aromatic N) is 3. The molecule has 0 aliphatic heterocycles. The maximum atomic E-state index is 13.9. The molecule has 0 unspecified atom stereocenters. The number of nitrogens with one attached hydrogen (secondary N) is 1. The number of ether oxygens (including phenoxy) is 1. The zero-order chi connectivity index (χ0) is 20.3. The molecule has 0 atom stereocenters. The summed E-state index contributed by atoms with van der Waals surface area (Å²) in [5.74, 6) is 0.686. The summed E-state index contributed by atoms with van der Waals surface area (Å²) in [6.45, 7) is 6.60. The van der Waals surface area contributed by atoms with E-state index in [2.05, 4.69) is 36.1 Å². The second-order valence-electron chi connectivity index (χ2n) is 7.20. The van der Waals surface area contributed by atoms with Crippen LogP contribution in [0.1, 0.15) is 37.7 Å². The van der Waals surface area contributed by atoms with Crippen LogP contribution in [0.4, 0.5) is 4.39 Å². The molecule has 5 nitrogen and oxygen atoms in total. The Labute approximate surface area is 172 Å². The molecule has 0 spiro atoms. The minimum absolute atomic E-state index is 0.0731. The summed E-state index contributed by atoms with van der Waals surface area (Å²) in [6, 6.07) is 12.3. The zero-order valence-corrected chi connectivity index (χ0v) is 17.3. The van der Waals surface area contributed by atoms with Crippen LogP contribution in [-0.2, 0) is 12.0 Å². The highest BCUT2D eigenvalue weighted by molar-refractivity contribution is 7.71. The average molecular weight is 419 g/mol. The lowest BCUT2D eigenvalue weighted by Gasteiger charge is -2.19. The van der Waals surface area contributed by atoms with E-state index in [9.17, 15) is 4.39 Å². The van der Waals surface area contributed by atoms with Gasteiger partial charge in [-0.3, -0.25) is 0 Å². The third kappa shape index (κ3) is 4.66. The number of halogens is 2. The van der Waals surface area contributed by atoms with E-state index in [1.165, 1.54) is 28.6 Å². The summed E-state index contributed by atoms with van der Waals surface area (Å²) in [4.78, 5) is 0. The molecule has 0 aliphatic carbocycles. The van der Waals surface area contributed by atoms with E-state index in [1.54, 1.807) is 6.07 Å². The number of hydrogen-bond donors (Lipinski definition) is 1. The second kappa shape index (κ2) is 8.24. The third-order valence-electron chi connectivity index (χ3n) is 4.11. The Balaban J connectivity index is 1.76. The summed E-state index contributed by atoms with van der Waals surface area (Å²) in [5.41, 5.74) is 1.47. The Bertz CT molecular complexity index is 1030. The van der Waals surface area contributed by atoms with Gasteiger partial charge in [-0.2, -0.15) is 14.9 Å². The molecular weight excluding hydrogens is 399 g/mol. The number of benzene rings is 2. The molecule has 28 heavy (non-hydrogen) atoms. The summed E-state index contributed by atoms with van der Waals surface area (Å²) in [6.07, 6.45) is 1.31. The molecule has 0 radical (unpaired) electrons. The molecule has 3 rings (SSSR count). The first-order valence-corrected chi connectivity index (χ1v) is 9.42. The number of rotatable bonds is 5. The third-order valence-corrected chi connectivity index (χ3v) is 4.70. The molecule has 0 saturated heterocycles. The van der Waals surface area contributed by atoms with Gasteiger partial charge in [-0.05, 0) is 47.5 Å². The van der Waals surface area contributed by atoms with Crippen molar-refractivity contribution in [1.82, 2.24) is 14.9 Å². The number of aromatic amines is 1. The molecule has 0 bridgehead atoms. The predicted molar refractivity (Wildman–Crippen MR) is 111 cm³/mol. The van der Waals surface area contributed by atoms with E-state index in [-0.39, 0.29) is 27.4 Å². The molecule has 146 valence electrons. The van der Waals surface area contributed by atoms with Crippen LogP contribution in [0.3, 0.4) is 0 Å². The van der Waals surface area contributed by atoms with E-state index >= 15 is 0 Å². The normalized spacial score (nSPS) is 11.9. The van der Waals surface area contributed by atoms with E-state index in [1.807, 2.05) is 24.3 Å². The van der Waals surface area contributed by atoms with Crippen LogP contribution in [0.25, 0.3) is 0 Å². The molecule has 2 aromatic carbocycles. The van der Waals surface area contributed by atoms with Crippen LogP contribution in [0, 0.1) is 10.6 Å². The van der Waals surface area contributed by atoms with E-state index in [4.69, 9.17) is 28.6 Å². The fourth-order valence-electron chi connectivity index (χ4n) is 2.49. The molecule has 1 aromatic heterocycles. The minimum Gasteiger partial charge on any atom is -0.486 e. The minimum atomic E-state index is -0.469. The number of aromatic nitrogens is 3. The van der Waals surface area contributed by atoms with Crippen LogP contribution >= 0.6 is 23.8 Å². The standard InChI is InChI=1S/C20H20ClFN4OS/c1-20(2,3)13-7-9-14(10-8-13)27-12-18-24-25-19(28)26(18)23-11-15-16(21)5-4-6-17(15)22/h4-11H,12H2,1-3H3,(H,25,28). The van der Waals surface area contributed by atoms with Gasteiger partial charge in [0.25, 0.3) is 0 Å². The number of hydrogen-bond acceptors (Lipinski definition) is 4. The van der Waals surface area contributed by atoms with Crippen molar-refractivity contribution >= 4 is 30.0 Å². The highest BCUT2D eigenvalue weighted by atomic mass is 35.5. The number of H-pyrrole nitrogens is 1. The summed E-state index contributed by atoms with van der Waals surface area (Å²) in [5, 5.41) is 11.3. The van der Waals surface area contributed by atoms with Gasteiger partial charge < -0.3 is 4.74 Å². The topological polar surface area (TPSA) is 55.2 Å². The zero-order valence-electron chi connectivity index (χ0n) is 15.7. The fourth-order valence-corrected chi connectivity index (χ4v) is 2.90. The SMILES string of the molecule is CC(C)(C)c1ccc(OCc2n[nH]c(=S)n2N=Cc2c(F)cccc2Cl)cc1. The molecule has 0 amide bonds. The Kier molecular flexibility index (Phi) is 5.96. The first-order chi connectivity index (χ1) is 13.3. The monoisotopic (exact) mass is 418 g/mol. The van der Waals surface area contributed by atoms with Crippen molar-refractivity contribution < 1.29 is 9.13 Å². The fraction of sp³-hybridized carbons (Fsp3) is 0.250. The molecular formula is C20H20ClFN4OS. The first-order valence-electron chi connectivity index (χ1n) is 8.64. The summed E-state index contributed by atoms with van der Waals surface area (Å²) < 4.78 is 21.3. The van der Waals surface area contributed by atoms with Crippen molar-refractivity contribution in [2.45, 2.75) is 32.8 Å². The highest BCUT2D eigenvalue weighted by Gasteiger charge is 2.13. The maximum absolute atomic E-state index is 13.9. The highest BCUT2D eigenvalue weighted by Crippen LogP contribution is 2.24. The van der Waals surface area contributed by atoms with Gasteiger partial charge >= 0.3 is 0 Å². The van der Waals surface area contributed by atoms with Gasteiger partial charge in [0, 0.05) is 5.56 Å². The molecule has 8 heteroatoms. The molecule has 0 fully saturated rings. The van der Waals surface area contributed by atoms with Crippen molar-refractivity contribution in [2.75, 3.05) is 0 Å². The Morgan fingerprint density at radius 3 is 2.61 bits per heavy atom. The van der Waals surface area contributed by atoms with Gasteiger partial charge in [0.2, 0.25) is 4.77 Å². The van der Waals surface area contributed by atoms with Crippen LogP contribution in [0.5, 0.6) is 5.75 Å². The second-order valence-corrected chi connectivity index (χ2v) is 7.99.